The minimum Gasteiger partial charge on any atom is -0.309 e. The molecule has 59 heavy (non-hydrogen) atoms. The van der Waals surface area contributed by atoms with Crippen molar-refractivity contribution in [3.63, 3.8) is 0 Å². The zero-order valence-corrected chi connectivity index (χ0v) is 32.9. The Morgan fingerprint density at radius 2 is 0.915 bits per heavy atom. The molecule has 0 radical (unpaired) electrons. The van der Waals surface area contributed by atoms with Crippen LogP contribution in [0.4, 0.5) is 0 Å². The van der Waals surface area contributed by atoms with Crippen molar-refractivity contribution in [1.82, 2.24) is 4.57 Å². The van der Waals surface area contributed by atoms with Crippen molar-refractivity contribution in [1.29, 1.82) is 0 Å². The summed E-state index contributed by atoms with van der Waals surface area (Å²) in [4.78, 5) is 0. The van der Waals surface area contributed by atoms with E-state index in [4.69, 9.17) is 11.6 Å². The molecule has 0 fully saturated rings. The van der Waals surface area contributed by atoms with E-state index in [1.165, 1.54) is 94.1 Å². The molecule has 0 saturated heterocycles. The number of benzene rings is 9. The summed E-state index contributed by atoms with van der Waals surface area (Å²) in [7, 11) is 0. The zero-order chi connectivity index (χ0) is 39.2. The van der Waals surface area contributed by atoms with Crippen LogP contribution >= 0.6 is 11.6 Å². The highest BCUT2D eigenvalue weighted by molar-refractivity contribution is 6.30. The van der Waals surface area contributed by atoms with Crippen molar-refractivity contribution in [2.45, 2.75) is 5.41 Å². The van der Waals surface area contributed by atoms with E-state index in [2.05, 4.69) is 199 Å². The van der Waals surface area contributed by atoms with E-state index >= 15 is 0 Å². The highest BCUT2D eigenvalue weighted by Gasteiger charge is 2.51. The van der Waals surface area contributed by atoms with Gasteiger partial charge in [0.25, 0.3) is 0 Å². The molecule has 0 aliphatic heterocycles. The van der Waals surface area contributed by atoms with E-state index in [9.17, 15) is 0 Å². The van der Waals surface area contributed by atoms with Crippen molar-refractivity contribution in [2.75, 3.05) is 0 Å². The van der Waals surface area contributed by atoms with Crippen molar-refractivity contribution in [2.24, 2.45) is 0 Å². The van der Waals surface area contributed by atoms with Gasteiger partial charge in [-0.1, -0.05) is 164 Å². The Morgan fingerprint density at radius 1 is 0.390 bits per heavy atom. The van der Waals surface area contributed by atoms with Crippen LogP contribution in [0, 0.1) is 0 Å². The Morgan fingerprint density at radius 3 is 1.61 bits per heavy atom. The number of para-hydroxylation sites is 1. The molecule has 2 aliphatic rings. The second-order valence-electron chi connectivity index (χ2n) is 15.8. The van der Waals surface area contributed by atoms with E-state index in [0.29, 0.717) is 0 Å². The first kappa shape index (κ1) is 33.9. The number of fused-ring (bicyclic) bond motifs is 13. The van der Waals surface area contributed by atoms with Crippen LogP contribution in [0.1, 0.15) is 27.8 Å². The Balaban J connectivity index is 1.05. The van der Waals surface area contributed by atoms with Gasteiger partial charge >= 0.3 is 0 Å². The van der Waals surface area contributed by atoms with E-state index < -0.39 is 5.41 Å². The molecule has 2 aliphatic carbocycles. The molecule has 0 amide bonds. The molecule has 0 N–H and O–H groups in total. The maximum absolute atomic E-state index is 6.25. The van der Waals surface area contributed by atoms with Gasteiger partial charge in [-0.3, -0.25) is 0 Å². The summed E-state index contributed by atoms with van der Waals surface area (Å²) in [5, 5.41) is 3.20. The predicted molar refractivity (Wildman–Crippen MR) is 248 cm³/mol. The SMILES string of the molecule is C=Cc1cccc(-c2ccc3c(c2)C2(c4ccccc4-3)c3ccccc3-c3ccc(-c4cccc(-n5c6ccccc6c6cc(-c7ccc(Cl)cc7)ccc65)c4)cc32)c1. The molecule has 10 aromatic rings. The number of hydrogen-bond acceptors (Lipinski definition) is 0. The number of rotatable bonds is 5. The highest BCUT2D eigenvalue weighted by atomic mass is 35.5. The minimum absolute atomic E-state index is 0.466. The quantitative estimate of drug-likeness (QED) is 0.164. The van der Waals surface area contributed by atoms with Gasteiger partial charge < -0.3 is 4.57 Å². The average molecular weight is 770 g/mol. The lowest BCUT2D eigenvalue weighted by molar-refractivity contribution is 0.794. The fourth-order valence-corrected chi connectivity index (χ4v) is 10.4. The molecule has 2 heteroatoms. The monoisotopic (exact) mass is 769 g/mol. The van der Waals surface area contributed by atoms with Crippen LogP contribution in [0.2, 0.25) is 5.02 Å². The number of halogens is 1. The first-order valence-corrected chi connectivity index (χ1v) is 20.6. The van der Waals surface area contributed by atoms with Gasteiger partial charge in [0.15, 0.2) is 0 Å². The maximum atomic E-state index is 6.25. The molecule has 9 aromatic carbocycles. The number of nitrogens with zero attached hydrogens (tertiary/aromatic N) is 1. The molecule has 1 aromatic heterocycles. The van der Waals surface area contributed by atoms with Gasteiger partial charge in [-0.2, -0.15) is 0 Å². The lowest BCUT2D eigenvalue weighted by Crippen LogP contribution is -2.26. The Bertz CT molecular complexity index is 3350. The van der Waals surface area contributed by atoms with Gasteiger partial charge in [-0.25, -0.2) is 0 Å². The normalized spacial score (nSPS) is 14.7. The van der Waals surface area contributed by atoms with E-state index in [0.717, 1.165) is 21.8 Å². The van der Waals surface area contributed by atoms with Crippen LogP contribution in [0.15, 0.2) is 207 Å². The largest absolute Gasteiger partial charge is 0.309 e. The third-order valence-electron chi connectivity index (χ3n) is 12.8. The molecule has 1 heterocycles. The van der Waals surface area contributed by atoms with Crippen LogP contribution in [-0.2, 0) is 5.41 Å². The van der Waals surface area contributed by atoms with Crippen LogP contribution < -0.4 is 0 Å². The van der Waals surface area contributed by atoms with Gasteiger partial charge in [0.1, 0.15) is 0 Å². The molecule has 1 spiro atoms. The summed E-state index contributed by atoms with van der Waals surface area (Å²) in [5.41, 5.74) is 21.8. The van der Waals surface area contributed by atoms with Gasteiger partial charge in [0.05, 0.1) is 16.4 Å². The number of aromatic nitrogens is 1. The smallest absolute Gasteiger partial charge is 0.0725 e. The Hall–Kier alpha value is -7.19. The fraction of sp³-hybridized carbons (Fsp3) is 0.0175. The fourth-order valence-electron chi connectivity index (χ4n) is 10.2. The van der Waals surface area contributed by atoms with Gasteiger partial charge in [0, 0.05) is 21.5 Å². The molecular formula is C57H36ClN. The summed E-state index contributed by atoms with van der Waals surface area (Å²) >= 11 is 6.25. The van der Waals surface area contributed by atoms with Gasteiger partial charge in [0.2, 0.25) is 0 Å². The van der Waals surface area contributed by atoms with Gasteiger partial charge in [-0.15, -0.1) is 0 Å². The zero-order valence-electron chi connectivity index (χ0n) is 32.2. The summed E-state index contributed by atoms with van der Waals surface area (Å²) in [6, 6.07) is 73.7. The molecular weight excluding hydrogens is 734 g/mol. The third-order valence-corrected chi connectivity index (χ3v) is 13.1. The molecule has 1 atom stereocenters. The molecule has 12 rings (SSSR count). The molecule has 0 saturated carbocycles. The van der Waals surface area contributed by atoms with Crippen LogP contribution in [0.25, 0.3) is 89.2 Å². The number of hydrogen-bond donors (Lipinski definition) is 0. The molecule has 0 bridgehead atoms. The van der Waals surface area contributed by atoms with E-state index in [-0.39, 0.29) is 0 Å². The van der Waals surface area contributed by atoms with Crippen LogP contribution in [0.5, 0.6) is 0 Å². The molecule has 276 valence electrons. The topological polar surface area (TPSA) is 4.93 Å². The van der Waals surface area contributed by atoms with E-state index in [1.54, 1.807) is 0 Å². The van der Waals surface area contributed by atoms with Crippen molar-refractivity contribution in [3.8, 4) is 61.3 Å². The summed E-state index contributed by atoms with van der Waals surface area (Å²) in [6.45, 7) is 4.05. The molecule has 1 nitrogen and oxygen atoms in total. The lowest BCUT2D eigenvalue weighted by atomic mass is 9.70. The predicted octanol–water partition coefficient (Wildman–Crippen LogP) is 15.4. The second kappa shape index (κ2) is 12.9. The average Bonchev–Trinajstić information content (AvgIpc) is 3.90. The van der Waals surface area contributed by atoms with Crippen LogP contribution in [-0.4, -0.2) is 4.57 Å². The molecule has 1 unspecified atom stereocenters. The minimum atomic E-state index is -0.466. The van der Waals surface area contributed by atoms with Crippen molar-refractivity contribution in [3.05, 3.63) is 240 Å². The first-order chi connectivity index (χ1) is 29.1. The third kappa shape index (κ3) is 4.92. The highest BCUT2D eigenvalue weighted by Crippen LogP contribution is 2.63. The summed E-state index contributed by atoms with van der Waals surface area (Å²) in [5.74, 6) is 0. The summed E-state index contributed by atoms with van der Waals surface area (Å²) in [6.07, 6.45) is 1.92. The lowest BCUT2D eigenvalue weighted by Gasteiger charge is -2.31. The van der Waals surface area contributed by atoms with Crippen molar-refractivity contribution < 1.29 is 0 Å². The summed E-state index contributed by atoms with van der Waals surface area (Å²) < 4.78 is 2.41. The van der Waals surface area contributed by atoms with E-state index in [1.807, 2.05) is 18.2 Å². The Labute approximate surface area is 348 Å². The standard InChI is InChI=1S/C57H36ClN/c1-2-36-11-9-12-38(31-36)41-23-28-47-45-15-3-6-18-51(45)57(53(47)34-41)52-19-7-4-16-46(52)48-29-24-42(35-54(48)57)39-13-10-14-44(32-39)59-55-20-8-5-17-49(55)50-33-40(25-30-56(50)59)37-21-26-43(58)27-22-37/h2-35H,1H2. The van der Waals surface area contributed by atoms with Gasteiger partial charge in [-0.05, 0) is 144 Å². The Kier molecular flexibility index (Phi) is 7.42. The maximum Gasteiger partial charge on any atom is 0.0725 e. The van der Waals surface area contributed by atoms with Crippen molar-refractivity contribution >= 4 is 39.5 Å². The second-order valence-corrected chi connectivity index (χ2v) is 16.3. The first-order valence-electron chi connectivity index (χ1n) is 20.2. The van der Waals surface area contributed by atoms with Crippen LogP contribution in [0.3, 0.4) is 0 Å².